The lowest BCUT2D eigenvalue weighted by Crippen LogP contribution is -2.47. The minimum Gasteiger partial charge on any atom is -0.379 e. The summed E-state index contributed by atoms with van der Waals surface area (Å²) in [5.41, 5.74) is 0.511. The zero-order valence-corrected chi connectivity index (χ0v) is 15.4. The van der Waals surface area contributed by atoms with Crippen molar-refractivity contribution in [3.8, 4) is 0 Å². The maximum atomic E-state index is 5.51. The summed E-state index contributed by atoms with van der Waals surface area (Å²) in [7, 11) is 1.82. The van der Waals surface area contributed by atoms with Gasteiger partial charge in [-0.15, -0.1) is 0 Å². The predicted octanol–water partition coefficient (Wildman–Crippen LogP) is 3.64. The number of methoxy groups -OCH3 is 1. The summed E-state index contributed by atoms with van der Waals surface area (Å²) in [6.07, 6.45) is 5.19. The monoisotopic (exact) mass is 298 g/mol. The summed E-state index contributed by atoms with van der Waals surface area (Å²) >= 11 is 0. The lowest BCUT2D eigenvalue weighted by Gasteiger charge is -2.36. The van der Waals surface area contributed by atoms with Crippen LogP contribution in [0.3, 0.4) is 0 Å². The first-order valence-electron chi connectivity index (χ1n) is 8.72. The van der Waals surface area contributed by atoms with E-state index in [1.54, 1.807) is 0 Å². The Bertz CT molecular complexity index is 275. The topological polar surface area (TPSA) is 15.7 Å². The Morgan fingerprint density at radius 2 is 1.29 bits per heavy atom. The van der Waals surface area contributed by atoms with Crippen LogP contribution in [0.5, 0.6) is 0 Å². The van der Waals surface area contributed by atoms with Crippen LogP contribution in [0.1, 0.15) is 60.3 Å². The summed E-state index contributed by atoms with van der Waals surface area (Å²) in [5.74, 6) is 0. The molecule has 0 saturated carbocycles. The highest BCUT2D eigenvalue weighted by molar-refractivity contribution is 4.76. The average molecular weight is 299 g/mol. The minimum absolute atomic E-state index is 0.0179. The van der Waals surface area contributed by atoms with E-state index in [4.69, 9.17) is 4.74 Å². The van der Waals surface area contributed by atoms with Crippen LogP contribution in [0.25, 0.3) is 0 Å². The van der Waals surface area contributed by atoms with Gasteiger partial charge in [0, 0.05) is 39.8 Å². The van der Waals surface area contributed by atoms with Gasteiger partial charge in [-0.25, -0.2) is 0 Å². The fourth-order valence-electron chi connectivity index (χ4n) is 2.76. The lowest BCUT2D eigenvalue weighted by molar-refractivity contribution is 0.00327. The summed E-state index contributed by atoms with van der Waals surface area (Å²) in [6, 6.07) is 0. The molecule has 1 aliphatic rings. The first-order valence-corrected chi connectivity index (χ1v) is 8.72. The molecule has 1 aliphatic heterocycles. The molecule has 3 nitrogen and oxygen atoms in total. The molecule has 0 N–H and O–H groups in total. The molecule has 0 amide bonds. The van der Waals surface area contributed by atoms with Gasteiger partial charge in [0.1, 0.15) is 0 Å². The number of piperazine rings is 1. The van der Waals surface area contributed by atoms with E-state index in [2.05, 4.69) is 44.4 Å². The molecule has 0 aromatic carbocycles. The van der Waals surface area contributed by atoms with Crippen molar-refractivity contribution < 1.29 is 4.74 Å². The zero-order chi connectivity index (χ0) is 15.9. The second-order valence-electron chi connectivity index (χ2n) is 8.41. The van der Waals surface area contributed by atoms with E-state index in [-0.39, 0.29) is 5.60 Å². The Kier molecular flexibility index (Phi) is 7.66. The maximum Gasteiger partial charge on any atom is 0.0634 e. The molecule has 21 heavy (non-hydrogen) atoms. The highest BCUT2D eigenvalue weighted by Crippen LogP contribution is 2.21. The van der Waals surface area contributed by atoms with Crippen LogP contribution in [0.4, 0.5) is 0 Å². The summed E-state index contributed by atoms with van der Waals surface area (Å²) in [6.45, 7) is 18.8. The van der Waals surface area contributed by atoms with Gasteiger partial charge in [0.25, 0.3) is 0 Å². The highest BCUT2D eigenvalue weighted by atomic mass is 16.5. The molecule has 1 rings (SSSR count). The first kappa shape index (κ1) is 18.9. The van der Waals surface area contributed by atoms with Gasteiger partial charge in [0.2, 0.25) is 0 Å². The van der Waals surface area contributed by atoms with Crippen LogP contribution < -0.4 is 0 Å². The Morgan fingerprint density at radius 1 is 0.762 bits per heavy atom. The smallest absolute Gasteiger partial charge is 0.0634 e. The number of rotatable bonds is 8. The summed E-state index contributed by atoms with van der Waals surface area (Å²) in [4.78, 5) is 5.23. The SMILES string of the molecule is COC(C)(C)CCN1CCN(CCCCC(C)(C)C)CC1. The van der Waals surface area contributed by atoms with Crippen LogP contribution in [-0.2, 0) is 4.74 Å². The number of hydrogen-bond donors (Lipinski definition) is 0. The molecule has 1 heterocycles. The molecular weight excluding hydrogens is 260 g/mol. The van der Waals surface area contributed by atoms with Gasteiger partial charge in [-0.1, -0.05) is 27.2 Å². The van der Waals surface area contributed by atoms with Crippen molar-refractivity contribution in [1.82, 2.24) is 9.80 Å². The molecule has 0 aromatic heterocycles. The number of nitrogens with zero attached hydrogens (tertiary/aromatic N) is 2. The maximum absolute atomic E-state index is 5.51. The molecule has 0 unspecified atom stereocenters. The van der Waals surface area contributed by atoms with Crippen molar-refractivity contribution in [3.05, 3.63) is 0 Å². The van der Waals surface area contributed by atoms with Crippen LogP contribution in [0.15, 0.2) is 0 Å². The second-order valence-corrected chi connectivity index (χ2v) is 8.41. The van der Waals surface area contributed by atoms with E-state index in [0.717, 1.165) is 6.42 Å². The van der Waals surface area contributed by atoms with Crippen molar-refractivity contribution >= 4 is 0 Å². The Morgan fingerprint density at radius 3 is 1.76 bits per heavy atom. The van der Waals surface area contributed by atoms with E-state index in [1.165, 1.54) is 58.5 Å². The van der Waals surface area contributed by atoms with Gasteiger partial charge in [-0.05, 0) is 45.1 Å². The van der Waals surface area contributed by atoms with Crippen molar-refractivity contribution in [3.63, 3.8) is 0 Å². The third-order valence-electron chi connectivity index (χ3n) is 4.70. The normalized spacial score (nSPS) is 19.1. The van der Waals surface area contributed by atoms with Gasteiger partial charge in [0.05, 0.1) is 5.60 Å². The Labute approximate surface area is 133 Å². The molecule has 0 bridgehead atoms. The minimum atomic E-state index is 0.0179. The van der Waals surface area contributed by atoms with Gasteiger partial charge >= 0.3 is 0 Å². The fourth-order valence-corrected chi connectivity index (χ4v) is 2.76. The number of ether oxygens (including phenoxy) is 1. The fraction of sp³-hybridized carbons (Fsp3) is 1.00. The molecule has 0 radical (unpaired) electrons. The van der Waals surface area contributed by atoms with Gasteiger partial charge < -0.3 is 14.5 Å². The molecule has 1 fully saturated rings. The van der Waals surface area contributed by atoms with Crippen molar-refractivity contribution in [1.29, 1.82) is 0 Å². The number of hydrogen-bond acceptors (Lipinski definition) is 3. The second kappa shape index (κ2) is 8.50. The summed E-state index contributed by atoms with van der Waals surface area (Å²) < 4.78 is 5.51. The highest BCUT2D eigenvalue weighted by Gasteiger charge is 2.21. The Balaban J connectivity index is 2.09. The van der Waals surface area contributed by atoms with E-state index >= 15 is 0 Å². The quantitative estimate of drug-likeness (QED) is 0.636. The van der Waals surface area contributed by atoms with Gasteiger partial charge in [-0.2, -0.15) is 0 Å². The van der Waals surface area contributed by atoms with Gasteiger partial charge in [-0.3, -0.25) is 0 Å². The molecule has 126 valence electrons. The van der Waals surface area contributed by atoms with Crippen LogP contribution >= 0.6 is 0 Å². The van der Waals surface area contributed by atoms with Crippen molar-refractivity contribution in [2.45, 2.75) is 65.9 Å². The van der Waals surface area contributed by atoms with E-state index in [9.17, 15) is 0 Å². The van der Waals surface area contributed by atoms with E-state index in [1.807, 2.05) is 7.11 Å². The molecular formula is C18H38N2O. The van der Waals surface area contributed by atoms with E-state index in [0.29, 0.717) is 5.41 Å². The third kappa shape index (κ3) is 8.80. The van der Waals surface area contributed by atoms with Crippen LogP contribution in [0, 0.1) is 5.41 Å². The van der Waals surface area contributed by atoms with Gasteiger partial charge in [0.15, 0.2) is 0 Å². The molecule has 0 atom stereocenters. The first-order chi connectivity index (χ1) is 9.72. The molecule has 0 spiro atoms. The molecule has 0 aromatic rings. The lowest BCUT2D eigenvalue weighted by atomic mass is 9.90. The van der Waals surface area contributed by atoms with Crippen LogP contribution in [0.2, 0.25) is 0 Å². The largest absolute Gasteiger partial charge is 0.379 e. The molecule has 1 saturated heterocycles. The standard InChI is InChI=1S/C18H38N2O/c1-17(2,3)9-7-8-11-19-13-15-20(16-14-19)12-10-18(4,5)21-6/h7-16H2,1-6H3. The number of unbranched alkanes of at least 4 members (excludes halogenated alkanes) is 1. The van der Waals surface area contributed by atoms with Crippen LogP contribution in [-0.4, -0.2) is 61.8 Å². The van der Waals surface area contributed by atoms with E-state index < -0.39 is 0 Å². The molecule has 3 heteroatoms. The summed E-state index contributed by atoms with van der Waals surface area (Å²) in [5, 5.41) is 0. The zero-order valence-electron chi connectivity index (χ0n) is 15.4. The predicted molar refractivity (Wildman–Crippen MR) is 91.9 cm³/mol. The van der Waals surface area contributed by atoms with Crippen molar-refractivity contribution in [2.75, 3.05) is 46.4 Å². The third-order valence-corrected chi connectivity index (χ3v) is 4.70. The Hall–Kier alpha value is -0.120. The van der Waals surface area contributed by atoms with Crippen molar-refractivity contribution in [2.24, 2.45) is 5.41 Å². The average Bonchev–Trinajstić information content (AvgIpc) is 2.42. The molecule has 0 aliphatic carbocycles.